The maximum absolute atomic E-state index is 9.53. The van der Waals surface area contributed by atoms with Crippen molar-refractivity contribution in [3.8, 4) is 6.07 Å². The lowest BCUT2D eigenvalue weighted by molar-refractivity contribution is 0.865. The van der Waals surface area contributed by atoms with Gasteiger partial charge in [-0.25, -0.2) is 0 Å². The molecule has 0 spiro atoms. The lowest BCUT2D eigenvalue weighted by Crippen LogP contribution is -2.21. The highest BCUT2D eigenvalue weighted by molar-refractivity contribution is 6.36. The van der Waals surface area contributed by atoms with E-state index in [1.807, 2.05) is 12.1 Å². The normalized spacial score (nSPS) is 11.2. The van der Waals surface area contributed by atoms with Crippen molar-refractivity contribution in [1.82, 2.24) is 0 Å². The van der Waals surface area contributed by atoms with Gasteiger partial charge in [-0.1, -0.05) is 35.3 Å². The zero-order valence-corrected chi connectivity index (χ0v) is 15.6. The molecule has 0 radical (unpaired) electrons. The molecule has 0 N–H and O–H groups in total. The van der Waals surface area contributed by atoms with Crippen molar-refractivity contribution in [2.24, 2.45) is 0 Å². The maximum atomic E-state index is 9.53. The Labute approximate surface area is 153 Å². The number of benzene rings is 2. The van der Waals surface area contributed by atoms with Crippen LogP contribution in [0.15, 0.2) is 36.4 Å². The van der Waals surface area contributed by atoms with Crippen LogP contribution in [0.25, 0.3) is 11.6 Å². The summed E-state index contributed by atoms with van der Waals surface area (Å²) in [5.41, 5.74) is 4.54. The Morgan fingerprint density at radius 3 is 2.38 bits per heavy atom. The van der Waals surface area contributed by atoms with Crippen LogP contribution in [0.2, 0.25) is 10.0 Å². The van der Waals surface area contributed by atoms with Crippen molar-refractivity contribution in [3.05, 3.63) is 63.1 Å². The molecule has 124 valence electrons. The van der Waals surface area contributed by atoms with E-state index < -0.39 is 0 Å². The van der Waals surface area contributed by atoms with E-state index in [0.717, 1.165) is 24.2 Å². The van der Waals surface area contributed by atoms with Gasteiger partial charge in [0.25, 0.3) is 0 Å². The molecule has 0 aliphatic rings. The first-order chi connectivity index (χ1) is 11.5. The molecule has 2 aromatic carbocycles. The van der Waals surface area contributed by atoms with Crippen LogP contribution in [0.3, 0.4) is 0 Å². The van der Waals surface area contributed by atoms with E-state index in [-0.39, 0.29) is 0 Å². The number of allylic oxidation sites excluding steroid dienone is 1. The molecule has 0 bridgehead atoms. The maximum Gasteiger partial charge on any atom is 0.0998 e. The van der Waals surface area contributed by atoms with Crippen LogP contribution < -0.4 is 4.90 Å². The van der Waals surface area contributed by atoms with E-state index in [1.165, 1.54) is 5.69 Å². The van der Waals surface area contributed by atoms with Crippen molar-refractivity contribution >= 4 is 40.5 Å². The zero-order chi connectivity index (χ0) is 17.7. The molecule has 0 amide bonds. The molecule has 2 nitrogen and oxygen atoms in total. The van der Waals surface area contributed by atoms with Crippen LogP contribution >= 0.6 is 23.2 Å². The molecule has 24 heavy (non-hydrogen) atoms. The number of rotatable bonds is 5. The van der Waals surface area contributed by atoms with Crippen molar-refractivity contribution in [1.29, 1.82) is 5.26 Å². The summed E-state index contributed by atoms with van der Waals surface area (Å²) in [4.78, 5) is 2.29. The van der Waals surface area contributed by atoms with Gasteiger partial charge in [0, 0.05) is 29.4 Å². The second-order valence-corrected chi connectivity index (χ2v) is 6.35. The third kappa shape index (κ3) is 4.12. The number of hydrogen-bond acceptors (Lipinski definition) is 2. The predicted octanol–water partition coefficient (Wildman–Crippen LogP) is 6.21. The minimum atomic E-state index is 0.479. The molecule has 0 saturated heterocycles. The van der Waals surface area contributed by atoms with Gasteiger partial charge in [-0.2, -0.15) is 5.26 Å². The SMILES string of the molecule is CCN(CC)c1ccc(/C=C(\C#N)c2ccc(Cl)cc2Cl)c(C)c1. The Morgan fingerprint density at radius 1 is 1.12 bits per heavy atom. The fraction of sp³-hybridized carbons (Fsp3) is 0.250. The third-order valence-corrected chi connectivity index (χ3v) is 4.57. The number of nitriles is 1. The highest BCUT2D eigenvalue weighted by atomic mass is 35.5. The number of anilines is 1. The lowest BCUT2D eigenvalue weighted by atomic mass is 10.0. The highest BCUT2D eigenvalue weighted by Crippen LogP contribution is 2.29. The summed E-state index contributed by atoms with van der Waals surface area (Å²) < 4.78 is 0. The Morgan fingerprint density at radius 2 is 1.83 bits per heavy atom. The van der Waals surface area contributed by atoms with Crippen LogP contribution in [0, 0.1) is 18.3 Å². The summed E-state index contributed by atoms with van der Waals surface area (Å²) in [5.74, 6) is 0. The Hall–Kier alpha value is -1.95. The standard InChI is InChI=1S/C20H20Cl2N2/c1-4-24(5-2)18-8-6-15(14(3)10-18)11-16(13-23)19-9-7-17(21)12-20(19)22/h6-12H,4-5H2,1-3H3/b16-11+. The van der Waals surface area contributed by atoms with Crippen LogP contribution in [0.5, 0.6) is 0 Å². The summed E-state index contributed by atoms with van der Waals surface area (Å²) in [6.07, 6.45) is 1.87. The summed E-state index contributed by atoms with van der Waals surface area (Å²) >= 11 is 12.2. The van der Waals surface area contributed by atoms with Crippen LogP contribution in [-0.2, 0) is 0 Å². The molecule has 0 aliphatic heterocycles. The van der Waals surface area contributed by atoms with E-state index in [2.05, 4.69) is 43.9 Å². The fourth-order valence-electron chi connectivity index (χ4n) is 2.64. The van der Waals surface area contributed by atoms with E-state index in [4.69, 9.17) is 23.2 Å². The first-order valence-corrected chi connectivity index (χ1v) is 8.68. The quantitative estimate of drug-likeness (QED) is 0.469. The summed E-state index contributed by atoms with van der Waals surface area (Å²) in [6.45, 7) is 8.27. The Balaban J connectivity index is 2.43. The van der Waals surface area contributed by atoms with Crippen molar-refractivity contribution in [2.45, 2.75) is 20.8 Å². The first-order valence-electron chi connectivity index (χ1n) is 7.93. The molecule has 2 aromatic rings. The molecule has 0 saturated carbocycles. The van der Waals surface area contributed by atoms with E-state index >= 15 is 0 Å². The van der Waals surface area contributed by atoms with Crippen LogP contribution in [-0.4, -0.2) is 13.1 Å². The van der Waals surface area contributed by atoms with E-state index in [0.29, 0.717) is 21.2 Å². The van der Waals surface area contributed by atoms with Crippen LogP contribution in [0.4, 0.5) is 5.69 Å². The van der Waals surface area contributed by atoms with Gasteiger partial charge in [-0.3, -0.25) is 0 Å². The molecule has 2 rings (SSSR count). The lowest BCUT2D eigenvalue weighted by Gasteiger charge is -2.22. The van der Waals surface area contributed by atoms with Gasteiger partial charge in [0.2, 0.25) is 0 Å². The van der Waals surface area contributed by atoms with Crippen molar-refractivity contribution in [3.63, 3.8) is 0 Å². The fourth-order valence-corrected chi connectivity index (χ4v) is 3.15. The monoisotopic (exact) mass is 358 g/mol. The minimum absolute atomic E-state index is 0.479. The Bertz CT molecular complexity index is 800. The average molecular weight is 359 g/mol. The van der Waals surface area contributed by atoms with E-state index in [1.54, 1.807) is 18.2 Å². The van der Waals surface area contributed by atoms with Gasteiger partial charge in [0.1, 0.15) is 0 Å². The smallest absolute Gasteiger partial charge is 0.0998 e. The molecule has 0 heterocycles. The molecular formula is C20H20Cl2N2. The molecular weight excluding hydrogens is 339 g/mol. The summed E-state index contributed by atoms with van der Waals surface area (Å²) in [7, 11) is 0. The van der Waals surface area contributed by atoms with Gasteiger partial charge in [0.15, 0.2) is 0 Å². The highest BCUT2D eigenvalue weighted by Gasteiger charge is 2.09. The molecule has 0 unspecified atom stereocenters. The molecule has 0 aromatic heterocycles. The molecule has 0 fully saturated rings. The summed E-state index contributed by atoms with van der Waals surface area (Å²) in [5, 5.41) is 10.6. The zero-order valence-electron chi connectivity index (χ0n) is 14.1. The second kappa shape index (κ2) is 8.24. The second-order valence-electron chi connectivity index (χ2n) is 5.51. The Kier molecular flexibility index (Phi) is 6.31. The number of nitrogens with zero attached hydrogens (tertiary/aromatic N) is 2. The van der Waals surface area contributed by atoms with E-state index in [9.17, 15) is 5.26 Å². The van der Waals surface area contributed by atoms with Gasteiger partial charge >= 0.3 is 0 Å². The number of halogens is 2. The third-order valence-electron chi connectivity index (χ3n) is 4.02. The number of aryl methyl sites for hydroxylation is 1. The molecule has 0 atom stereocenters. The number of hydrogen-bond donors (Lipinski definition) is 0. The largest absolute Gasteiger partial charge is 0.372 e. The summed E-state index contributed by atoms with van der Waals surface area (Å²) in [6, 6.07) is 13.7. The van der Waals surface area contributed by atoms with Gasteiger partial charge < -0.3 is 4.90 Å². The van der Waals surface area contributed by atoms with Gasteiger partial charge in [0.05, 0.1) is 16.7 Å². The first kappa shape index (κ1) is 18.4. The van der Waals surface area contributed by atoms with Crippen LogP contribution in [0.1, 0.15) is 30.5 Å². The van der Waals surface area contributed by atoms with Gasteiger partial charge in [-0.15, -0.1) is 0 Å². The molecule has 4 heteroatoms. The van der Waals surface area contributed by atoms with Gasteiger partial charge in [-0.05, 0) is 62.2 Å². The topological polar surface area (TPSA) is 27.0 Å². The predicted molar refractivity (Wildman–Crippen MR) is 105 cm³/mol. The van der Waals surface area contributed by atoms with Crippen molar-refractivity contribution in [2.75, 3.05) is 18.0 Å². The minimum Gasteiger partial charge on any atom is -0.372 e. The van der Waals surface area contributed by atoms with Crippen molar-refractivity contribution < 1.29 is 0 Å². The molecule has 0 aliphatic carbocycles. The average Bonchev–Trinajstić information content (AvgIpc) is 2.56.